The lowest BCUT2D eigenvalue weighted by Crippen LogP contribution is -2.37. The fourth-order valence-corrected chi connectivity index (χ4v) is 9.79. The van der Waals surface area contributed by atoms with Crippen LogP contribution in [0.3, 0.4) is 0 Å². The molecule has 0 saturated heterocycles. The molecule has 0 radical (unpaired) electrons. The normalized spacial score (nSPS) is 12.7. The largest absolute Gasteiger partial charge is 0.318 e. The Labute approximate surface area is 355 Å². The van der Waals surface area contributed by atoms with E-state index in [1.165, 1.54) is 22.3 Å². The van der Waals surface area contributed by atoms with Crippen molar-refractivity contribution in [2.45, 2.75) is 5.41 Å². The molecular formula is C57H36N4. The van der Waals surface area contributed by atoms with E-state index in [1.807, 2.05) is 42.5 Å². The van der Waals surface area contributed by atoms with Crippen LogP contribution in [-0.4, -0.2) is 4.57 Å². The Hall–Kier alpha value is -8.44. The van der Waals surface area contributed by atoms with E-state index >= 15 is 0 Å². The van der Waals surface area contributed by atoms with Gasteiger partial charge in [-0.2, -0.15) is 0 Å². The molecule has 9 aromatic carbocycles. The molecule has 4 nitrogen and oxygen atoms in total. The lowest BCUT2D eigenvalue weighted by atomic mass is 9.62. The number of rotatable bonds is 6. The van der Waals surface area contributed by atoms with Crippen LogP contribution >= 0.6 is 0 Å². The van der Waals surface area contributed by atoms with Crippen LogP contribution in [0.4, 0.5) is 28.4 Å². The highest BCUT2D eigenvalue weighted by molar-refractivity contribution is 6.11. The number of hydrogen-bond donors (Lipinski definition) is 0. The molecule has 2 heterocycles. The van der Waals surface area contributed by atoms with Gasteiger partial charge in [-0.1, -0.05) is 170 Å². The molecule has 0 saturated carbocycles. The summed E-state index contributed by atoms with van der Waals surface area (Å²) in [6, 6.07) is 77.0. The van der Waals surface area contributed by atoms with E-state index in [4.69, 9.17) is 13.1 Å². The number of nitrogens with zero attached hydrogens (tertiary/aromatic N) is 4. The third kappa shape index (κ3) is 5.44. The van der Waals surface area contributed by atoms with Crippen LogP contribution in [-0.2, 0) is 5.41 Å². The first-order valence-corrected chi connectivity index (χ1v) is 20.4. The van der Waals surface area contributed by atoms with Crippen molar-refractivity contribution in [1.82, 2.24) is 4.57 Å². The number of anilines is 3. The van der Waals surface area contributed by atoms with Gasteiger partial charge in [0.2, 0.25) is 5.69 Å². The van der Waals surface area contributed by atoms with E-state index in [0.29, 0.717) is 11.4 Å². The van der Waals surface area contributed by atoms with Crippen molar-refractivity contribution in [1.29, 1.82) is 0 Å². The van der Waals surface area contributed by atoms with Gasteiger partial charge in [-0.25, -0.2) is 9.69 Å². The highest BCUT2D eigenvalue weighted by Crippen LogP contribution is 2.58. The summed E-state index contributed by atoms with van der Waals surface area (Å²) in [6.45, 7) is 16.2. The Bertz CT molecular complexity index is 3350. The molecule has 10 aromatic rings. The Morgan fingerprint density at radius 3 is 1.75 bits per heavy atom. The molecular weight excluding hydrogens is 741 g/mol. The molecule has 0 amide bonds. The first kappa shape index (κ1) is 35.7. The highest BCUT2D eigenvalue weighted by atomic mass is 15.2. The fraction of sp³-hybridized carbons (Fsp3) is 0.0175. The molecule has 0 aliphatic carbocycles. The topological polar surface area (TPSA) is 16.9 Å². The number of hydrogen-bond acceptors (Lipinski definition) is 1. The van der Waals surface area contributed by atoms with Gasteiger partial charge in [0.25, 0.3) is 0 Å². The molecule has 0 bridgehead atoms. The predicted molar refractivity (Wildman–Crippen MR) is 251 cm³/mol. The van der Waals surface area contributed by atoms with Crippen LogP contribution in [0.1, 0.15) is 22.3 Å². The van der Waals surface area contributed by atoms with E-state index in [9.17, 15) is 0 Å². The van der Waals surface area contributed by atoms with Crippen molar-refractivity contribution < 1.29 is 0 Å². The summed E-state index contributed by atoms with van der Waals surface area (Å²) < 4.78 is 2.22. The Morgan fingerprint density at radius 2 is 1.02 bits per heavy atom. The van der Waals surface area contributed by atoms with E-state index in [-0.39, 0.29) is 0 Å². The average Bonchev–Trinajstić information content (AvgIpc) is 3.66. The van der Waals surface area contributed by atoms with E-state index in [1.54, 1.807) is 0 Å². The summed E-state index contributed by atoms with van der Waals surface area (Å²) in [5, 5.41) is 2.03. The predicted octanol–water partition coefficient (Wildman–Crippen LogP) is 15.4. The molecule has 4 heteroatoms. The van der Waals surface area contributed by atoms with Gasteiger partial charge >= 0.3 is 0 Å². The lowest BCUT2D eigenvalue weighted by molar-refractivity contribution is 0.731. The van der Waals surface area contributed by atoms with Gasteiger partial charge in [0.15, 0.2) is 5.69 Å². The maximum atomic E-state index is 8.47. The first-order valence-electron chi connectivity index (χ1n) is 20.4. The molecule has 1 aliphatic heterocycles. The smallest absolute Gasteiger partial charge is 0.211 e. The third-order valence-electron chi connectivity index (χ3n) is 12.3. The molecule has 0 atom stereocenters. The Kier molecular flexibility index (Phi) is 8.45. The maximum absolute atomic E-state index is 8.47. The van der Waals surface area contributed by atoms with Crippen molar-refractivity contribution in [3.05, 3.63) is 263 Å². The van der Waals surface area contributed by atoms with E-state index < -0.39 is 5.41 Å². The van der Waals surface area contributed by atoms with Crippen LogP contribution in [0, 0.1) is 13.1 Å². The number of benzene rings is 9. The number of fused-ring (bicyclic) bond motifs is 5. The minimum absolute atomic E-state index is 0.553. The second kappa shape index (κ2) is 14.4. The zero-order valence-corrected chi connectivity index (χ0v) is 33.1. The zero-order chi connectivity index (χ0) is 40.9. The fourth-order valence-electron chi connectivity index (χ4n) is 9.79. The van der Waals surface area contributed by atoms with Gasteiger partial charge in [-0.05, 0) is 98.4 Å². The summed E-state index contributed by atoms with van der Waals surface area (Å²) in [5.74, 6) is 0. The van der Waals surface area contributed by atoms with Crippen molar-refractivity contribution in [2.24, 2.45) is 0 Å². The second-order valence-corrected chi connectivity index (χ2v) is 15.4. The monoisotopic (exact) mass is 776 g/mol. The van der Waals surface area contributed by atoms with Gasteiger partial charge < -0.3 is 9.47 Å². The highest BCUT2D eigenvalue weighted by Gasteiger charge is 2.46. The van der Waals surface area contributed by atoms with E-state index in [2.05, 4.69) is 195 Å². The van der Waals surface area contributed by atoms with Crippen LogP contribution in [0.15, 0.2) is 218 Å². The van der Waals surface area contributed by atoms with Crippen molar-refractivity contribution in [2.75, 3.05) is 4.90 Å². The van der Waals surface area contributed by atoms with Crippen molar-refractivity contribution >= 4 is 50.2 Å². The molecule has 61 heavy (non-hydrogen) atoms. The van der Waals surface area contributed by atoms with Crippen LogP contribution < -0.4 is 4.90 Å². The SMILES string of the molecule is [C-]#[N+]c1ccc2c(c1)c1ccccc1n2-c1c([N+]#[C-])cccc1-c1ccccc1-c1ccc2c(c1)C(c1ccccc1)(c1ccccc1)c1ccccc1N2c1ccccc1. The standard InChI is InChI=1S/C57H36N4/c1-58-42-34-36-53-48(38-42)46-27-14-16-31-52(46)61(53)56-47(28-18-30-51(56)59-2)45-26-13-12-25-44(45)39-33-35-55-50(37-39)57(40-19-6-3-7-20-40,41-21-8-4-9-22-41)49-29-15-17-32-54(49)60(55)43-23-10-5-11-24-43/h3-38H. The molecule has 0 N–H and O–H groups in total. The van der Waals surface area contributed by atoms with Crippen LogP contribution in [0.25, 0.3) is 59.4 Å². The molecule has 1 aromatic heterocycles. The average molecular weight is 777 g/mol. The molecule has 0 spiro atoms. The quantitative estimate of drug-likeness (QED) is 0.154. The van der Waals surface area contributed by atoms with Crippen molar-refractivity contribution in [3.63, 3.8) is 0 Å². The zero-order valence-electron chi connectivity index (χ0n) is 33.1. The van der Waals surface area contributed by atoms with Crippen LogP contribution in [0.5, 0.6) is 0 Å². The molecule has 284 valence electrons. The Morgan fingerprint density at radius 1 is 0.410 bits per heavy atom. The summed E-state index contributed by atoms with van der Waals surface area (Å²) in [6.07, 6.45) is 0. The Balaban J connectivity index is 1.21. The minimum Gasteiger partial charge on any atom is -0.318 e. The van der Waals surface area contributed by atoms with Gasteiger partial charge in [-0.15, -0.1) is 0 Å². The summed E-state index contributed by atoms with van der Waals surface area (Å²) in [7, 11) is 0. The second-order valence-electron chi connectivity index (χ2n) is 15.4. The van der Waals surface area contributed by atoms with Gasteiger partial charge in [0, 0.05) is 11.1 Å². The summed E-state index contributed by atoms with van der Waals surface area (Å²) in [4.78, 5) is 10.3. The number of aromatic nitrogens is 1. The number of para-hydroxylation sites is 4. The maximum Gasteiger partial charge on any atom is 0.211 e. The molecule has 0 unspecified atom stereocenters. The summed E-state index contributed by atoms with van der Waals surface area (Å²) >= 11 is 0. The van der Waals surface area contributed by atoms with Gasteiger partial charge in [0.1, 0.15) is 0 Å². The lowest BCUT2D eigenvalue weighted by Gasteiger charge is -2.46. The third-order valence-corrected chi connectivity index (χ3v) is 12.3. The van der Waals surface area contributed by atoms with Crippen molar-refractivity contribution in [3.8, 4) is 27.9 Å². The molecule has 11 rings (SSSR count). The summed E-state index contributed by atoms with van der Waals surface area (Å²) in [5.41, 5.74) is 15.4. The minimum atomic E-state index is -0.660. The van der Waals surface area contributed by atoms with E-state index in [0.717, 1.165) is 66.8 Å². The molecule has 0 fully saturated rings. The molecule has 1 aliphatic rings. The first-order chi connectivity index (χ1) is 30.2. The van der Waals surface area contributed by atoms with Crippen LogP contribution in [0.2, 0.25) is 0 Å². The van der Waals surface area contributed by atoms with Gasteiger partial charge in [0.05, 0.1) is 46.7 Å². The van der Waals surface area contributed by atoms with Gasteiger partial charge in [-0.3, -0.25) is 0 Å².